The van der Waals surface area contributed by atoms with Gasteiger partial charge in [0.05, 0.1) is 17.7 Å². The van der Waals surface area contributed by atoms with Gasteiger partial charge in [-0.3, -0.25) is 0 Å². The molecule has 0 radical (unpaired) electrons. The molecular formula is C12H9BrF3NO2S. The maximum atomic E-state index is 12.4. The van der Waals surface area contributed by atoms with Crippen molar-refractivity contribution in [3.8, 4) is 6.07 Å². The zero-order chi connectivity index (χ0) is 15.3. The molecule has 0 fully saturated rings. The van der Waals surface area contributed by atoms with E-state index in [2.05, 4.69) is 15.9 Å². The fraction of sp³-hybridized carbons (Fsp3) is 0.333. The SMILES string of the molecule is CCOC(=O)c1ccc(SC(F)(F)F)c(C#N)c1CBr. The molecule has 3 nitrogen and oxygen atoms in total. The molecular weight excluding hydrogens is 359 g/mol. The molecule has 0 unspecified atom stereocenters. The van der Waals surface area contributed by atoms with Crippen molar-refractivity contribution in [3.63, 3.8) is 0 Å². The predicted molar refractivity (Wildman–Crippen MR) is 71.7 cm³/mol. The standard InChI is InChI=1S/C12H9BrF3NO2S/c1-2-19-11(18)7-3-4-10(20-12(14,15)16)9(6-17)8(7)5-13/h3-4H,2,5H2,1H3. The van der Waals surface area contributed by atoms with Crippen molar-refractivity contribution in [2.24, 2.45) is 0 Å². The lowest BCUT2D eigenvalue weighted by molar-refractivity contribution is -0.0328. The quantitative estimate of drug-likeness (QED) is 0.453. The third-order valence-electron chi connectivity index (χ3n) is 2.24. The Hall–Kier alpha value is -1.20. The van der Waals surface area contributed by atoms with Crippen LogP contribution in [-0.4, -0.2) is 18.1 Å². The number of rotatable bonds is 4. The lowest BCUT2D eigenvalue weighted by Gasteiger charge is -2.13. The van der Waals surface area contributed by atoms with Crippen molar-refractivity contribution in [2.45, 2.75) is 22.7 Å². The van der Waals surface area contributed by atoms with Crippen LogP contribution in [0.3, 0.4) is 0 Å². The topological polar surface area (TPSA) is 50.1 Å². The van der Waals surface area contributed by atoms with Crippen LogP contribution in [0.15, 0.2) is 17.0 Å². The molecule has 1 aromatic carbocycles. The van der Waals surface area contributed by atoms with E-state index in [1.165, 1.54) is 6.07 Å². The van der Waals surface area contributed by atoms with Crippen LogP contribution in [0.4, 0.5) is 13.2 Å². The summed E-state index contributed by atoms with van der Waals surface area (Å²) < 4.78 is 42.1. The summed E-state index contributed by atoms with van der Waals surface area (Å²) in [7, 11) is 0. The van der Waals surface area contributed by atoms with E-state index in [1.54, 1.807) is 13.0 Å². The van der Waals surface area contributed by atoms with Gasteiger partial charge in [-0.25, -0.2) is 4.79 Å². The van der Waals surface area contributed by atoms with Gasteiger partial charge in [0.25, 0.3) is 0 Å². The average Bonchev–Trinajstić information content (AvgIpc) is 2.36. The molecule has 0 atom stereocenters. The van der Waals surface area contributed by atoms with Gasteiger partial charge in [-0.15, -0.1) is 0 Å². The highest BCUT2D eigenvalue weighted by atomic mass is 79.9. The first-order chi connectivity index (χ1) is 9.34. The smallest absolute Gasteiger partial charge is 0.446 e. The minimum Gasteiger partial charge on any atom is -0.462 e. The number of alkyl halides is 4. The Morgan fingerprint density at radius 1 is 1.50 bits per heavy atom. The molecule has 0 aliphatic carbocycles. The van der Waals surface area contributed by atoms with E-state index in [1.807, 2.05) is 0 Å². The summed E-state index contributed by atoms with van der Waals surface area (Å²) in [5.41, 5.74) is -4.39. The summed E-state index contributed by atoms with van der Waals surface area (Å²) in [6, 6.07) is 4.06. The van der Waals surface area contributed by atoms with Crippen LogP contribution in [0.1, 0.15) is 28.4 Å². The molecule has 0 amide bonds. The number of halogens is 4. The molecule has 1 aromatic rings. The zero-order valence-electron chi connectivity index (χ0n) is 10.3. The van der Waals surface area contributed by atoms with E-state index < -0.39 is 11.5 Å². The van der Waals surface area contributed by atoms with Gasteiger partial charge in [0.2, 0.25) is 0 Å². The van der Waals surface area contributed by atoms with Gasteiger partial charge in [0.1, 0.15) is 6.07 Å². The molecule has 8 heteroatoms. The number of nitriles is 1. The molecule has 1 rings (SSSR count). The summed E-state index contributed by atoms with van der Waals surface area (Å²) in [6.07, 6.45) is 0. The lowest BCUT2D eigenvalue weighted by Crippen LogP contribution is -2.10. The van der Waals surface area contributed by atoms with Crippen molar-refractivity contribution >= 4 is 33.7 Å². The van der Waals surface area contributed by atoms with Gasteiger partial charge in [-0.1, -0.05) is 15.9 Å². The molecule has 0 saturated heterocycles. The van der Waals surface area contributed by atoms with Crippen LogP contribution < -0.4 is 0 Å². The van der Waals surface area contributed by atoms with E-state index in [4.69, 9.17) is 10.00 Å². The van der Waals surface area contributed by atoms with Crippen molar-refractivity contribution in [2.75, 3.05) is 6.61 Å². The van der Waals surface area contributed by atoms with Crippen LogP contribution in [-0.2, 0) is 10.1 Å². The van der Waals surface area contributed by atoms with E-state index in [9.17, 15) is 18.0 Å². The second-order valence-corrected chi connectivity index (χ2v) is 5.15. The monoisotopic (exact) mass is 367 g/mol. The minimum absolute atomic E-state index is 0.0797. The highest BCUT2D eigenvalue weighted by molar-refractivity contribution is 9.08. The number of thioether (sulfide) groups is 1. The van der Waals surface area contributed by atoms with Gasteiger partial charge in [-0.05, 0) is 36.4 Å². The molecule has 0 aromatic heterocycles. The number of ether oxygens (including phenoxy) is 1. The molecule has 0 bridgehead atoms. The zero-order valence-corrected chi connectivity index (χ0v) is 12.7. The number of benzene rings is 1. The average molecular weight is 368 g/mol. The molecule has 0 N–H and O–H groups in total. The summed E-state index contributed by atoms with van der Waals surface area (Å²) in [5, 5.41) is 9.14. The molecule has 0 aliphatic heterocycles. The Labute approximate surface area is 126 Å². The Morgan fingerprint density at radius 3 is 2.60 bits per heavy atom. The molecule has 0 spiro atoms. The van der Waals surface area contributed by atoms with Crippen LogP contribution in [0.25, 0.3) is 0 Å². The van der Waals surface area contributed by atoms with Gasteiger partial charge in [0.15, 0.2) is 0 Å². The van der Waals surface area contributed by atoms with Crippen molar-refractivity contribution in [1.29, 1.82) is 5.26 Å². The Bertz CT molecular complexity index is 555. The first-order valence-electron chi connectivity index (χ1n) is 5.38. The number of hydrogen-bond donors (Lipinski definition) is 0. The minimum atomic E-state index is -4.50. The van der Waals surface area contributed by atoms with Gasteiger partial charge < -0.3 is 4.74 Å². The predicted octanol–water partition coefficient (Wildman–Crippen LogP) is 4.24. The maximum Gasteiger partial charge on any atom is 0.446 e. The van der Waals surface area contributed by atoms with Crippen LogP contribution in [0, 0.1) is 11.3 Å². The summed E-state index contributed by atoms with van der Waals surface area (Å²) in [4.78, 5) is 11.5. The highest BCUT2D eigenvalue weighted by Crippen LogP contribution is 2.40. The number of carbonyl (C=O) groups excluding carboxylic acids is 1. The van der Waals surface area contributed by atoms with E-state index in [0.717, 1.165) is 6.07 Å². The summed E-state index contributed by atoms with van der Waals surface area (Å²) >= 11 is 2.70. The number of carbonyl (C=O) groups is 1. The van der Waals surface area contributed by atoms with Crippen LogP contribution >= 0.6 is 27.7 Å². The Morgan fingerprint density at radius 2 is 2.15 bits per heavy atom. The fourth-order valence-electron chi connectivity index (χ4n) is 1.50. The molecule has 20 heavy (non-hydrogen) atoms. The molecule has 0 aliphatic rings. The lowest BCUT2D eigenvalue weighted by atomic mass is 10.0. The number of esters is 1. The van der Waals surface area contributed by atoms with Crippen LogP contribution in [0.5, 0.6) is 0 Å². The number of hydrogen-bond acceptors (Lipinski definition) is 4. The highest BCUT2D eigenvalue weighted by Gasteiger charge is 2.31. The second kappa shape index (κ2) is 6.99. The first-order valence-corrected chi connectivity index (χ1v) is 7.32. The third kappa shape index (κ3) is 4.15. The first kappa shape index (κ1) is 16.9. The normalized spacial score (nSPS) is 11.0. The fourth-order valence-corrected chi connectivity index (χ4v) is 2.74. The van der Waals surface area contributed by atoms with Crippen molar-refractivity contribution < 1.29 is 22.7 Å². The van der Waals surface area contributed by atoms with Crippen LogP contribution in [0.2, 0.25) is 0 Å². The second-order valence-electron chi connectivity index (χ2n) is 3.48. The van der Waals surface area contributed by atoms with Crippen molar-refractivity contribution in [3.05, 3.63) is 28.8 Å². The summed E-state index contributed by atoms with van der Waals surface area (Å²) in [5.74, 6) is -0.665. The number of nitrogens with zero attached hydrogens (tertiary/aromatic N) is 1. The molecule has 0 saturated carbocycles. The van der Waals surface area contributed by atoms with Gasteiger partial charge in [0, 0.05) is 10.2 Å². The maximum absolute atomic E-state index is 12.4. The van der Waals surface area contributed by atoms with E-state index in [-0.39, 0.29) is 45.3 Å². The summed E-state index contributed by atoms with van der Waals surface area (Å²) in [6.45, 7) is 1.76. The van der Waals surface area contributed by atoms with Gasteiger partial charge in [-0.2, -0.15) is 18.4 Å². The van der Waals surface area contributed by atoms with E-state index in [0.29, 0.717) is 0 Å². The molecule has 0 heterocycles. The Kier molecular flexibility index (Phi) is 5.89. The van der Waals surface area contributed by atoms with E-state index >= 15 is 0 Å². The largest absolute Gasteiger partial charge is 0.462 e. The molecule has 108 valence electrons. The van der Waals surface area contributed by atoms with Crippen molar-refractivity contribution in [1.82, 2.24) is 0 Å². The Balaban J connectivity index is 3.34. The third-order valence-corrected chi connectivity index (χ3v) is 3.59. The van der Waals surface area contributed by atoms with Gasteiger partial charge >= 0.3 is 11.5 Å².